The fraction of sp³-hybridized carbons (Fsp3) is 0.286. The van der Waals surface area contributed by atoms with Crippen LogP contribution in [-0.2, 0) is 17.9 Å². The molecule has 1 heterocycles. The lowest BCUT2D eigenvalue weighted by Gasteiger charge is -2.28. The topological polar surface area (TPSA) is 69.3 Å². The third kappa shape index (κ3) is 4.41. The van der Waals surface area contributed by atoms with E-state index in [0.29, 0.717) is 29.8 Å². The summed E-state index contributed by atoms with van der Waals surface area (Å²) in [6.07, 6.45) is 0. The Morgan fingerprint density at radius 3 is 2.44 bits per heavy atom. The predicted octanol–water partition coefficient (Wildman–Crippen LogP) is 2.40. The number of aromatic nitrogens is 2. The Bertz CT molecular complexity index is 984. The van der Waals surface area contributed by atoms with Gasteiger partial charge in [-0.05, 0) is 31.7 Å². The van der Waals surface area contributed by atoms with Crippen LogP contribution in [0.2, 0.25) is 0 Å². The van der Waals surface area contributed by atoms with Crippen molar-refractivity contribution < 1.29 is 4.79 Å². The van der Waals surface area contributed by atoms with Gasteiger partial charge in [-0.25, -0.2) is 4.98 Å². The lowest BCUT2D eigenvalue weighted by molar-refractivity contribution is -0.135. The van der Waals surface area contributed by atoms with E-state index in [4.69, 9.17) is 0 Å². The van der Waals surface area contributed by atoms with Gasteiger partial charge in [0.25, 0.3) is 5.56 Å². The second kappa shape index (κ2) is 8.14. The maximum atomic E-state index is 12.8. The number of aromatic amines is 1. The van der Waals surface area contributed by atoms with E-state index < -0.39 is 0 Å². The third-order valence-corrected chi connectivity index (χ3v) is 4.72. The normalized spacial score (nSPS) is 12.3. The Kier molecular flexibility index (Phi) is 5.66. The molecule has 0 aliphatic carbocycles. The summed E-state index contributed by atoms with van der Waals surface area (Å²) in [4.78, 5) is 35.9. The van der Waals surface area contributed by atoms with Crippen LogP contribution in [0.3, 0.4) is 0 Å². The maximum Gasteiger partial charge on any atom is 0.258 e. The lowest BCUT2D eigenvalue weighted by atomic mass is 10.2. The molecule has 0 bridgehead atoms. The van der Waals surface area contributed by atoms with Gasteiger partial charge in [0.2, 0.25) is 5.91 Å². The summed E-state index contributed by atoms with van der Waals surface area (Å²) in [5.41, 5.74) is 1.58. The Morgan fingerprint density at radius 2 is 1.70 bits per heavy atom. The van der Waals surface area contributed by atoms with Crippen molar-refractivity contribution in [3.8, 4) is 0 Å². The van der Waals surface area contributed by atoms with E-state index in [1.54, 1.807) is 18.0 Å². The lowest BCUT2D eigenvalue weighted by Crippen LogP contribution is -2.43. The molecule has 3 aromatic rings. The summed E-state index contributed by atoms with van der Waals surface area (Å²) in [7, 11) is 3.66. The standard InChI is InChI=1S/C21H24N4O2/c1-15(21(27)25(3)13-16-9-5-4-6-10-16)24(2)14-19-22-18-12-8-7-11-17(18)20(26)23-19/h4-12,15H,13-14H2,1-3H3,(H,22,23,26)/t15-/m1/s1. The highest BCUT2D eigenvalue weighted by Crippen LogP contribution is 2.10. The number of amides is 1. The number of likely N-dealkylation sites (N-methyl/N-ethyl adjacent to an activating group) is 2. The van der Waals surface area contributed by atoms with E-state index in [0.717, 1.165) is 5.56 Å². The van der Waals surface area contributed by atoms with E-state index in [2.05, 4.69) is 9.97 Å². The Labute approximate surface area is 158 Å². The van der Waals surface area contributed by atoms with Crippen LogP contribution in [0.1, 0.15) is 18.3 Å². The number of rotatable bonds is 6. The molecular weight excluding hydrogens is 340 g/mol. The quantitative estimate of drug-likeness (QED) is 0.729. The van der Waals surface area contributed by atoms with Crippen molar-refractivity contribution in [1.29, 1.82) is 0 Å². The van der Waals surface area contributed by atoms with Crippen molar-refractivity contribution in [3.05, 3.63) is 76.3 Å². The number of benzene rings is 2. The van der Waals surface area contributed by atoms with E-state index >= 15 is 0 Å². The van der Waals surface area contributed by atoms with Crippen molar-refractivity contribution in [3.63, 3.8) is 0 Å². The summed E-state index contributed by atoms with van der Waals surface area (Å²) in [6.45, 7) is 2.80. The number of hydrogen-bond donors (Lipinski definition) is 1. The van der Waals surface area contributed by atoms with Crippen LogP contribution in [0, 0.1) is 0 Å². The highest BCUT2D eigenvalue weighted by Gasteiger charge is 2.22. The van der Waals surface area contributed by atoms with Gasteiger partial charge >= 0.3 is 0 Å². The Morgan fingerprint density at radius 1 is 1.04 bits per heavy atom. The van der Waals surface area contributed by atoms with Gasteiger partial charge in [0, 0.05) is 13.6 Å². The molecular formula is C21H24N4O2. The molecule has 27 heavy (non-hydrogen) atoms. The van der Waals surface area contributed by atoms with Gasteiger partial charge in [0.05, 0.1) is 23.5 Å². The fourth-order valence-electron chi connectivity index (χ4n) is 3.03. The van der Waals surface area contributed by atoms with Crippen molar-refractivity contribution in [1.82, 2.24) is 19.8 Å². The van der Waals surface area contributed by atoms with Gasteiger partial charge in [-0.2, -0.15) is 0 Å². The molecule has 0 unspecified atom stereocenters. The van der Waals surface area contributed by atoms with Crippen LogP contribution in [-0.4, -0.2) is 45.8 Å². The summed E-state index contributed by atoms with van der Waals surface area (Å²) >= 11 is 0. The van der Waals surface area contributed by atoms with Crippen LogP contribution in [0.4, 0.5) is 0 Å². The number of carbonyl (C=O) groups excluding carboxylic acids is 1. The number of nitrogens with one attached hydrogen (secondary N) is 1. The number of hydrogen-bond acceptors (Lipinski definition) is 4. The summed E-state index contributed by atoms with van der Waals surface area (Å²) in [5, 5.41) is 0.565. The molecule has 0 spiro atoms. The van der Waals surface area contributed by atoms with Gasteiger partial charge in [0.1, 0.15) is 5.82 Å². The molecule has 6 nitrogen and oxygen atoms in total. The number of para-hydroxylation sites is 1. The average Bonchev–Trinajstić information content (AvgIpc) is 2.67. The molecule has 0 fully saturated rings. The Balaban J connectivity index is 1.69. The molecule has 0 radical (unpaired) electrons. The monoisotopic (exact) mass is 364 g/mol. The van der Waals surface area contributed by atoms with Crippen LogP contribution in [0.5, 0.6) is 0 Å². The fourth-order valence-corrected chi connectivity index (χ4v) is 3.03. The van der Waals surface area contributed by atoms with Crippen LogP contribution < -0.4 is 5.56 Å². The van der Waals surface area contributed by atoms with Crippen molar-refractivity contribution in [2.75, 3.05) is 14.1 Å². The van der Waals surface area contributed by atoms with Gasteiger partial charge in [0.15, 0.2) is 0 Å². The van der Waals surface area contributed by atoms with Gasteiger partial charge in [-0.15, -0.1) is 0 Å². The zero-order valence-electron chi connectivity index (χ0n) is 15.8. The van der Waals surface area contributed by atoms with Crippen LogP contribution in [0.15, 0.2) is 59.4 Å². The van der Waals surface area contributed by atoms with E-state index in [1.807, 2.05) is 67.4 Å². The maximum absolute atomic E-state index is 12.8. The molecule has 6 heteroatoms. The van der Waals surface area contributed by atoms with E-state index in [1.165, 1.54) is 0 Å². The minimum Gasteiger partial charge on any atom is -0.340 e. The number of carbonyl (C=O) groups is 1. The SMILES string of the molecule is C[C@H](C(=O)N(C)Cc1ccccc1)N(C)Cc1nc2ccccc2c(=O)[nH]1. The Hall–Kier alpha value is -2.99. The van der Waals surface area contributed by atoms with Gasteiger partial charge in [-0.1, -0.05) is 42.5 Å². The van der Waals surface area contributed by atoms with Crippen LogP contribution >= 0.6 is 0 Å². The molecule has 0 aliphatic rings. The van der Waals surface area contributed by atoms with E-state index in [9.17, 15) is 9.59 Å². The first-order valence-electron chi connectivity index (χ1n) is 8.93. The largest absolute Gasteiger partial charge is 0.340 e. The molecule has 0 aliphatic heterocycles. The smallest absolute Gasteiger partial charge is 0.258 e. The number of fused-ring (bicyclic) bond motifs is 1. The molecule has 2 aromatic carbocycles. The van der Waals surface area contributed by atoms with Crippen LogP contribution in [0.25, 0.3) is 10.9 Å². The zero-order valence-corrected chi connectivity index (χ0v) is 15.8. The first kappa shape index (κ1) is 18.8. The second-order valence-electron chi connectivity index (χ2n) is 6.80. The van der Waals surface area contributed by atoms with Crippen molar-refractivity contribution in [2.24, 2.45) is 0 Å². The highest BCUT2D eigenvalue weighted by atomic mass is 16.2. The van der Waals surface area contributed by atoms with Crippen molar-refractivity contribution >= 4 is 16.8 Å². The molecule has 140 valence electrons. The zero-order chi connectivity index (χ0) is 19.4. The van der Waals surface area contributed by atoms with Gasteiger partial charge in [-0.3, -0.25) is 14.5 Å². The number of nitrogens with zero attached hydrogens (tertiary/aromatic N) is 3. The predicted molar refractivity (Wildman–Crippen MR) is 106 cm³/mol. The molecule has 1 amide bonds. The second-order valence-corrected chi connectivity index (χ2v) is 6.80. The van der Waals surface area contributed by atoms with E-state index in [-0.39, 0.29) is 17.5 Å². The number of H-pyrrole nitrogens is 1. The minimum atomic E-state index is -0.338. The molecule has 1 atom stereocenters. The molecule has 0 saturated carbocycles. The molecule has 1 N–H and O–H groups in total. The summed E-state index contributed by atoms with van der Waals surface area (Å²) in [5.74, 6) is 0.566. The average molecular weight is 364 g/mol. The highest BCUT2D eigenvalue weighted by molar-refractivity contribution is 5.81. The summed E-state index contributed by atoms with van der Waals surface area (Å²) < 4.78 is 0. The molecule has 1 aromatic heterocycles. The van der Waals surface area contributed by atoms with Crippen molar-refractivity contribution in [2.45, 2.75) is 26.1 Å². The third-order valence-electron chi connectivity index (χ3n) is 4.72. The minimum absolute atomic E-state index is 0.0180. The molecule has 0 saturated heterocycles. The summed E-state index contributed by atoms with van der Waals surface area (Å²) in [6, 6.07) is 16.8. The molecule has 3 rings (SSSR count). The first-order chi connectivity index (χ1) is 13.0. The van der Waals surface area contributed by atoms with Gasteiger partial charge < -0.3 is 9.88 Å². The first-order valence-corrected chi connectivity index (χ1v) is 8.93.